The summed E-state index contributed by atoms with van der Waals surface area (Å²) in [4.78, 5) is 0. The number of halogens is 2. The largest absolute Gasteiger partial charge is 0.243 e. The fourth-order valence-corrected chi connectivity index (χ4v) is 2.10. The van der Waals surface area contributed by atoms with Gasteiger partial charge < -0.3 is 0 Å². The third kappa shape index (κ3) is 1.61. The van der Waals surface area contributed by atoms with Gasteiger partial charge in [-0.3, -0.25) is 0 Å². The maximum atomic E-state index is 12.8. The average molecular weight is 277 g/mol. The molecular weight excluding hydrogens is 268 g/mol. The van der Waals surface area contributed by atoms with Gasteiger partial charge in [-0.2, -0.15) is 0 Å². The van der Waals surface area contributed by atoms with Gasteiger partial charge in [-0.25, -0.2) is 7.50 Å². The summed E-state index contributed by atoms with van der Waals surface area (Å²) in [6.45, 7) is 1.94. The minimum absolute atomic E-state index is 0.125. The van der Waals surface area contributed by atoms with Crippen LogP contribution in [0.15, 0.2) is 18.2 Å². The first kappa shape index (κ1) is 8.44. The number of hydrogen-bond donors (Lipinski definition) is 0. The Morgan fingerprint density at radius 2 is 2.17 bits per heavy atom. The van der Waals surface area contributed by atoms with E-state index in [4.69, 9.17) is 0 Å². The first-order valence-electron chi connectivity index (χ1n) is 3.94. The van der Waals surface area contributed by atoms with E-state index in [2.05, 4.69) is 26.0 Å². The molecule has 0 bridgehead atoms. The van der Waals surface area contributed by atoms with Gasteiger partial charge in [0.15, 0.2) is 0 Å². The van der Waals surface area contributed by atoms with Crippen molar-refractivity contribution < 1.29 is 4.39 Å². The summed E-state index contributed by atoms with van der Waals surface area (Å²) in [5, 5.41) is 0. The summed E-state index contributed by atoms with van der Waals surface area (Å²) in [5.41, 5.74) is 2.43. The lowest BCUT2D eigenvalue weighted by Crippen LogP contribution is -2.21. The van der Waals surface area contributed by atoms with E-state index in [0.29, 0.717) is 0 Å². The Balaban J connectivity index is 2.37. The number of benzene rings is 1. The van der Waals surface area contributed by atoms with Crippen LogP contribution in [0, 0.1) is 5.82 Å². The minimum atomic E-state index is -0.125. The van der Waals surface area contributed by atoms with E-state index in [1.807, 2.05) is 6.07 Å². The first-order chi connectivity index (χ1) is 5.75. The second-order valence-corrected chi connectivity index (χ2v) is 4.37. The van der Waals surface area contributed by atoms with Gasteiger partial charge in [-0.1, -0.05) is 6.07 Å². The van der Waals surface area contributed by atoms with Crippen LogP contribution in [0.1, 0.15) is 11.1 Å². The number of rotatable bonds is 0. The van der Waals surface area contributed by atoms with Gasteiger partial charge in [0.1, 0.15) is 5.82 Å². The molecular formula is C9H9FIN. The fraction of sp³-hybridized carbons (Fsp3) is 0.333. The summed E-state index contributed by atoms with van der Waals surface area (Å²) in [6, 6.07) is 5.08. The third-order valence-electron chi connectivity index (χ3n) is 2.13. The van der Waals surface area contributed by atoms with Crippen molar-refractivity contribution in [2.45, 2.75) is 13.0 Å². The van der Waals surface area contributed by atoms with Crippen LogP contribution in [-0.4, -0.2) is 9.66 Å². The molecule has 0 saturated heterocycles. The van der Waals surface area contributed by atoms with Gasteiger partial charge in [0.05, 0.1) is 0 Å². The molecule has 0 saturated carbocycles. The van der Waals surface area contributed by atoms with Gasteiger partial charge in [-0.15, -0.1) is 0 Å². The SMILES string of the molecule is Fc1ccc2c(c1)CN(I)CC2. The molecule has 2 rings (SSSR count). The summed E-state index contributed by atoms with van der Waals surface area (Å²) in [6.07, 6.45) is 1.04. The van der Waals surface area contributed by atoms with Crippen LogP contribution in [0.2, 0.25) is 0 Å². The first-order valence-corrected chi connectivity index (χ1v) is 4.90. The molecule has 0 radical (unpaired) electrons. The topological polar surface area (TPSA) is 3.24 Å². The van der Waals surface area contributed by atoms with Crippen molar-refractivity contribution in [2.75, 3.05) is 6.54 Å². The van der Waals surface area contributed by atoms with Crippen LogP contribution in [-0.2, 0) is 13.0 Å². The zero-order valence-corrected chi connectivity index (χ0v) is 8.71. The average Bonchev–Trinajstić information content (AvgIpc) is 2.03. The summed E-state index contributed by atoms with van der Waals surface area (Å²) in [7, 11) is 0. The van der Waals surface area contributed by atoms with Gasteiger partial charge >= 0.3 is 0 Å². The molecule has 0 amide bonds. The molecule has 1 aromatic rings. The highest BCUT2D eigenvalue weighted by Crippen LogP contribution is 2.21. The van der Waals surface area contributed by atoms with E-state index < -0.39 is 0 Å². The molecule has 1 aliphatic rings. The Kier molecular flexibility index (Phi) is 2.32. The number of hydrogen-bond acceptors (Lipinski definition) is 1. The molecule has 12 heavy (non-hydrogen) atoms. The summed E-state index contributed by atoms with van der Waals surface area (Å²) < 4.78 is 15.0. The molecule has 1 aromatic carbocycles. The van der Waals surface area contributed by atoms with E-state index in [9.17, 15) is 4.39 Å². The molecule has 1 nitrogen and oxygen atoms in total. The quantitative estimate of drug-likeness (QED) is 0.520. The van der Waals surface area contributed by atoms with Gasteiger partial charge in [0.25, 0.3) is 0 Å². The Bertz CT molecular complexity index is 301. The Morgan fingerprint density at radius 3 is 3.00 bits per heavy atom. The molecule has 1 aliphatic heterocycles. The van der Waals surface area contributed by atoms with E-state index in [0.717, 1.165) is 25.1 Å². The molecule has 0 N–H and O–H groups in total. The van der Waals surface area contributed by atoms with Crippen molar-refractivity contribution in [1.82, 2.24) is 3.11 Å². The summed E-state index contributed by atoms with van der Waals surface area (Å²) in [5.74, 6) is -0.125. The smallest absolute Gasteiger partial charge is 0.123 e. The Hall–Kier alpha value is -0.160. The van der Waals surface area contributed by atoms with E-state index in [-0.39, 0.29) is 5.82 Å². The maximum absolute atomic E-state index is 12.8. The van der Waals surface area contributed by atoms with Crippen molar-refractivity contribution in [3.63, 3.8) is 0 Å². The molecule has 0 aliphatic carbocycles. The summed E-state index contributed by atoms with van der Waals surface area (Å²) >= 11 is 2.28. The lowest BCUT2D eigenvalue weighted by atomic mass is 10.0. The normalized spacial score (nSPS) is 17.5. The van der Waals surface area contributed by atoms with E-state index in [1.54, 1.807) is 12.1 Å². The zero-order valence-electron chi connectivity index (χ0n) is 6.56. The lowest BCUT2D eigenvalue weighted by molar-refractivity contribution is 0.477. The molecule has 1 heterocycles. The molecule has 0 unspecified atom stereocenters. The maximum Gasteiger partial charge on any atom is 0.123 e. The van der Waals surface area contributed by atoms with Crippen molar-refractivity contribution in [1.29, 1.82) is 0 Å². The van der Waals surface area contributed by atoms with Crippen molar-refractivity contribution in [3.8, 4) is 0 Å². The highest BCUT2D eigenvalue weighted by molar-refractivity contribution is 14.1. The van der Waals surface area contributed by atoms with Crippen molar-refractivity contribution >= 4 is 22.9 Å². The number of fused-ring (bicyclic) bond motifs is 1. The van der Waals surface area contributed by atoms with E-state index in [1.165, 1.54) is 5.56 Å². The van der Waals surface area contributed by atoms with Gasteiger partial charge in [-0.05, 0) is 29.7 Å². The van der Waals surface area contributed by atoms with Crippen molar-refractivity contribution in [3.05, 3.63) is 35.1 Å². The number of nitrogens with zero attached hydrogens (tertiary/aromatic N) is 1. The van der Waals surface area contributed by atoms with Crippen LogP contribution in [0.4, 0.5) is 4.39 Å². The van der Waals surface area contributed by atoms with Crippen LogP contribution in [0.5, 0.6) is 0 Å². The van der Waals surface area contributed by atoms with Crippen molar-refractivity contribution in [2.24, 2.45) is 0 Å². The standard InChI is InChI=1S/C9H9FIN/c10-9-2-1-7-3-4-12(11)6-8(7)5-9/h1-2,5H,3-4,6H2. The minimum Gasteiger partial charge on any atom is -0.243 e. The van der Waals surface area contributed by atoms with Gasteiger partial charge in [0, 0.05) is 36.0 Å². The monoisotopic (exact) mass is 277 g/mol. The van der Waals surface area contributed by atoms with Crippen LogP contribution in [0.3, 0.4) is 0 Å². The van der Waals surface area contributed by atoms with Crippen LogP contribution < -0.4 is 0 Å². The van der Waals surface area contributed by atoms with E-state index >= 15 is 0 Å². The molecule has 0 atom stereocenters. The molecule has 0 aromatic heterocycles. The predicted octanol–water partition coefficient (Wildman–Crippen LogP) is 2.53. The fourth-order valence-electron chi connectivity index (χ4n) is 1.49. The highest BCUT2D eigenvalue weighted by atomic mass is 127. The van der Waals surface area contributed by atoms with Crippen LogP contribution in [0.25, 0.3) is 0 Å². The lowest BCUT2D eigenvalue weighted by Gasteiger charge is -2.22. The highest BCUT2D eigenvalue weighted by Gasteiger charge is 2.13. The Morgan fingerprint density at radius 1 is 1.33 bits per heavy atom. The second-order valence-electron chi connectivity index (χ2n) is 3.01. The molecule has 3 heteroatoms. The predicted molar refractivity (Wildman–Crippen MR) is 54.5 cm³/mol. The molecule has 64 valence electrons. The third-order valence-corrected chi connectivity index (χ3v) is 2.96. The molecule has 0 fully saturated rings. The molecule has 0 spiro atoms. The zero-order chi connectivity index (χ0) is 8.55. The second kappa shape index (κ2) is 3.30. The Labute approximate surface area is 85.1 Å². The van der Waals surface area contributed by atoms with Crippen LogP contribution >= 0.6 is 22.9 Å². The van der Waals surface area contributed by atoms with Gasteiger partial charge in [0.2, 0.25) is 0 Å².